The predicted octanol–water partition coefficient (Wildman–Crippen LogP) is 3.28. The normalized spacial score (nSPS) is 24.2. The van der Waals surface area contributed by atoms with Crippen molar-refractivity contribution in [3.05, 3.63) is 30.2 Å². The fraction of sp³-hybridized carbons (Fsp3) is 0.562. The maximum Gasteiger partial charge on any atom is 0.123 e. The summed E-state index contributed by atoms with van der Waals surface area (Å²) in [7, 11) is 3.43. The number of methoxy groups -OCH3 is 2. The molecule has 1 saturated heterocycles. The van der Waals surface area contributed by atoms with E-state index in [0.717, 1.165) is 30.9 Å². The number of hydrogen-bond donors (Lipinski definition) is 0. The summed E-state index contributed by atoms with van der Waals surface area (Å²) in [4.78, 5) is 2.54. The lowest BCUT2D eigenvalue weighted by Crippen LogP contribution is -2.43. The van der Waals surface area contributed by atoms with Crippen LogP contribution in [0.15, 0.2) is 18.2 Å². The molecule has 1 aromatic rings. The van der Waals surface area contributed by atoms with Crippen molar-refractivity contribution in [1.29, 1.82) is 0 Å². The summed E-state index contributed by atoms with van der Waals surface area (Å²) in [5, 5.41) is 0. The van der Waals surface area contributed by atoms with Crippen LogP contribution in [0.1, 0.15) is 32.3 Å². The highest BCUT2D eigenvalue weighted by molar-refractivity contribution is 5.40. The lowest BCUT2D eigenvalue weighted by molar-refractivity contribution is 0.116. The first-order chi connectivity index (χ1) is 9.15. The minimum Gasteiger partial charge on any atom is -0.497 e. The van der Waals surface area contributed by atoms with Gasteiger partial charge in [-0.1, -0.05) is 0 Å². The molecule has 105 valence electrons. The Morgan fingerprint density at radius 1 is 1.11 bits per heavy atom. The summed E-state index contributed by atoms with van der Waals surface area (Å²) in [5.74, 6) is 1.83. The largest absolute Gasteiger partial charge is 0.497 e. The Morgan fingerprint density at radius 2 is 1.79 bits per heavy atom. The summed E-state index contributed by atoms with van der Waals surface area (Å²) >= 11 is 0. The molecule has 3 nitrogen and oxygen atoms in total. The van der Waals surface area contributed by atoms with Crippen molar-refractivity contribution in [2.24, 2.45) is 0 Å². The molecular weight excluding hydrogens is 238 g/mol. The molecule has 1 aliphatic rings. The fourth-order valence-corrected chi connectivity index (χ4v) is 2.80. The molecular formula is C16H24NO2. The van der Waals surface area contributed by atoms with Crippen LogP contribution in [-0.2, 0) is 6.54 Å². The minimum absolute atomic E-state index is 0.583. The van der Waals surface area contributed by atoms with Gasteiger partial charge in [-0.2, -0.15) is 0 Å². The Hall–Kier alpha value is -1.22. The van der Waals surface area contributed by atoms with E-state index in [1.807, 2.05) is 12.1 Å². The van der Waals surface area contributed by atoms with Gasteiger partial charge in [0.05, 0.1) is 14.2 Å². The highest BCUT2D eigenvalue weighted by atomic mass is 16.5. The molecule has 0 amide bonds. The number of piperidine rings is 1. The topological polar surface area (TPSA) is 21.7 Å². The maximum absolute atomic E-state index is 5.47. The Kier molecular flexibility index (Phi) is 4.70. The van der Waals surface area contributed by atoms with E-state index in [2.05, 4.69) is 31.2 Å². The van der Waals surface area contributed by atoms with E-state index >= 15 is 0 Å². The van der Waals surface area contributed by atoms with Gasteiger partial charge in [-0.25, -0.2) is 0 Å². The lowest BCUT2D eigenvalue weighted by atomic mass is 9.96. The zero-order valence-electron chi connectivity index (χ0n) is 12.3. The molecule has 0 aliphatic carbocycles. The lowest BCUT2D eigenvalue weighted by Gasteiger charge is -2.39. The van der Waals surface area contributed by atoms with Crippen molar-refractivity contribution in [3.63, 3.8) is 0 Å². The second-order valence-electron chi connectivity index (χ2n) is 5.31. The monoisotopic (exact) mass is 262 g/mol. The van der Waals surface area contributed by atoms with Crippen LogP contribution in [0.5, 0.6) is 11.5 Å². The van der Waals surface area contributed by atoms with Gasteiger partial charge in [-0.05, 0) is 51.3 Å². The number of benzene rings is 1. The van der Waals surface area contributed by atoms with Gasteiger partial charge in [0.15, 0.2) is 0 Å². The van der Waals surface area contributed by atoms with E-state index in [1.165, 1.54) is 5.56 Å². The molecule has 3 heteroatoms. The van der Waals surface area contributed by atoms with Gasteiger partial charge in [0, 0.05) is 24.2 Å². The number of likely N-dealkylation sites (tertiary alicyclic amines) is 1. The third-order valence-corrected chi connectivity index (χ3v) is 3.99. The van der Waals surface area contributed by atoms with Crippen LogP contribution in [-0.4, -0.2) is 31.2 Å². The molecule has 0 spiro atoms. The summed E-state index contributed by atoms with van der Waals surface area (Å²) < 4.78 is 10.8. The van der Waals surface area contributed by atoms with Gasteiger partial charge in [-0.3, -0.25) is 4.90 Å². The van der Waals surface area contributed by atoms with Crippen molar-refractivity contribution >= 4 is 0 Å². The smallest absolute Gasteiger partial charge is 0.123 e. The summed E-state index contributed by atoms with van der Waals surface area (Å²) in [5.41, 5.74) is 1.20. The van der Waals surface area contributed by atoms with E-state index in [4.69, 9.17) is 9.47 Å². The molecule has 1 aliphatic heterocycles. The van der Waals surface area contributed by atoms with E-state index in [-0.39, 0.29) is 0 Å². The van der Waals surface area contributed by atoms with Crippen LogP contribution in [0.25, 0.3) is 0 Å². The molecule has 2 atom stereocenters. The number of nitrogens with zero attached hydrogens (tertiary/aromatic N) is 1. The molecule has 1 heterocycles. The standard InChI is InChI=1S/C16H24NO2/c1-12-6-5-7-13(2)17(12)11-14-10-15(18-3)8-9-16(14)19-4/h5,8-10,12-13H,6-7,11H2,1-4H3. The minimum atomic E-state index is 0.583. The summed E-state index contributed by atoms with van der Waals surface area (Å²) in [6.07, 6.45) is 4.72. The molecule has 2 unspecified atom stereocenters. The molecule has 1 aromatic carbocycles. The van der Waals surface area contributed by atoms with Crippen LogP contribution in [0.4, 0.5) is 0 Å². The van der Waals surface area contributed by atoms with Gasteiger partial charge >= 0.3 is 0 Å². The third kappa shape index (κ3) is 3.21. The molecule has 0 N–H and O–H groups in total. The number of hydrogen-bond acceptors (Lipinski definition) is 3. The zero-order chi connectivity index (χ0) is 13.8. The Bertz CT molecular complexity index is 409. The first-order valence-corrected chi connectivity index (χ1v) is 6.94. The van der Waals surface area contributed by atoms with E-state index in [1.54, 1.807) is 14.2 Å². The molecule has 1 fully saturated rings. The third-order valence-electron chi connectivity index (χ3n) is 3.99. The second kappa shape index (κ2) is 6.29. The van der Waals surface area contributed by atoms with E-state index in [0.29, 0.717) is 12.1 Å². The van der Waals surface area contributed by atoms with E-state index in [9.17, 15) is 0 Å². The van der Waals surface area contributed by atoms with Crippen LogP contribution >= 0.6 is 0 Å². The van der Waals surface area contributed by atoms with Crippen molar-refractivity contribution in [2.75, 3.05) is 14.2 Å². The maximum atomic E-state index is 5.47. The number of ether oxygens (including phenoxy) is 2. The quantitative estimate of drug-likeness (QED) is 0.831. The average molecular weight is 262 g/mol. The Morgan fingerprint density at radius 3 is 2.37 bits per heavy atom. The fourth-order valence-electron chi connectivity index (χ4n) is 2.80. The summed E-state index contributed by atoms with van der Waals surface area (Å²) in [6, 6.07) is 7.18. The van der Waals surface area contributed by atoms with Gasteiger partial charge in [0.2, 0.25) is 0 Å². The molecule has 0 aromatic heterocycles. The number of rotatable bonds is 4. The average Bonchev–Trinajstić information content (AvgIpc) is 2.42. The van der Waals surface area contributed by atoms with Crippen LogP contribution in [0, 0.1) is 6.42 Å². The molecule has 0 bridgehead atoms. The van der Waals surface area contributed by atoms with Gasteiger partial charge in [0.25, 0.3) is 0 Å². The SMILES string of the molecule is COc1ccc(OC)c(CN2C(C)C[CH]CC2C)c1. The van der Waals surface area contributed by atoms with E-state index < -0.39 is 0 Å². The highest BCUT2D eigenvalue weighted by Crippen LogP contribution is 2.29. The molecule has 0 saturated carbocycles. The van der Waals surface area contributed by atoms with Gasteiger partial charge in [0.1, 0.15) is 11.5 Å². The molecule has 2 rings (SSSR count). The van der Waals surface area contributed by atoms with Crippen molar-refractivity contribution in [1.82, 2.24) is 4.90 Å². The summed E-state index contributed by atoms with van der Waals surface area (Å²) in [6.45, 7) is 5.49. The Labute approximate surface area is 116 Å². The first-order valence-electron chi connectivity index (χ1n) is 6.94. The van der Waals surface area contributed by atoms with Gasteiger partial charge in [-0.15, -0.1) is 0 Å². The zero-order valence-corrected chi connectivity index (χ0v) is 12.3. The van der Waals surface area contributed by atoms with Crippen LogP contribution in [0.3, 0.4) is 0 Å². The molecule has 1 radical (unpaired) electrons. The van der Waals surface area contributed by atoms with Crippen LogP contribution < -0.4 is 9.47 Å². The highest BCUT2D eigenvalue weighted by Gasteiger charge is 2.25. The van der Waals surface area contributed by atoms with Crippen molar-refractivity contribution < 1.29 is 9.47 Å². The Balaban J connectivity index is 2.20. The second-order valence-corrected chi connectivity index (χ2v) is 5.31. The first kappa shape index (κ1) is 14.2. The van der Waals surface area contributed by atoms with Crippen LogP contribution in [0.2, 0.25) is 0 Å². The van der Waals surface area contributed by atoms with Gasteiger partial charge < -0.3 is 9.47 Å². The predicted molar refractivity (Wildman–Crippen MR) is 77.5 cm³/mol. The van der Waals surface area contributed by atoms with Crippen molar-refractivity contribution in [2.45, 2.75) is 45.3 Å². The molecule has 19 heavy (non-hydrogen) atoms. The van der Waals surface area contributed by atoms with Crippen molar-refractivity contribution in [3.8, 4) is 11.5 Å².